The van der Waals surface area contributed by atoms with Crippen molar-refractivity contribution in [3.63, 3.8) is 0 Å². The molecule has 2 amide bonds. The fourth-order valence-corrected chi connectivity index (χ4v) is 1.68. The molecule has 7 nitrogen and oxygen atoms in total. The summed E-state index contributed by atoms with van der Waals surface area (Å²) < 4.78 is 10.1. The summed E-state index contributed by atoms with van der Waals surface area (Å²) >= 11 is 0. The van der Waals surface area contributed by atoms with Gasteiger partial charge in [-0.3, -0.25) is 9.59 Å². The molecule has 0 unspecified atom stereocenters. The minimum atomic E-state index is -1.01. The molecule has 0 aliphatic carbocycles. The monoisotopic (exact) mass is 308 g/mol. The summed E-state index contributed by atoms with van der Waals surface area (Å²) in [5, 5.41) is 5.01. The maximum Gasteiger partial charge on any atom is 0.329 e. The lowest BCUT2D eigenvalue weighted by molar-refractivity contribution is -0.155. The van der Waals surface area contributed by atoms with Crippen molar-refractivity contribution >= 4 is 23.5 Å². The number of carbonyl (C=O) groups is 3. The Hall–Kier alpha value is -2.57. The lowest BCUT2D eigenvalue weighted by atomic mass is 10.2. The first-order chi connectivity index (χ1) is 10.3. The number of benzene rings is 1. The number of esters is 1. The zero-order chi connectivity index (χ0) is 16.7. The molecule has 0 aliphatic heterocycles. The molecule has 1 aromatic carbocycles. The Balaban J connectivity index is 2.62. The normalized spacial score (nSPS) is 12.7. The van der Waals surface area contributed by atoms with Crippen LogP contribution in [-0.4, -0.2) is 37.0 Å². The third kappa shape index (κ3) is 5.08. The first-order valence-corrected chi connectivity index (χ1v) is 6.76. The summed E-state index contributed by atoms with van der Waals surface area (Å²) in [5.74, 6) is -1.03. The third-order valence-corrected chi connectivity index (χ3v) is 2.80. The molecule has 2 N–H and O–H groups in total. The maximum atomic E-state index is 12.0. The molecular formula is C15H20N2O5. The van der Waals surface area contributed by atoms with Gasteiger partial charge in [0, 0.05) is 6.92 Å². The summed E-state index contributed by atoms with van der Waals surface area (Å²) in [6.07, 6.45) is -1.01. The van der Waals surface area contributed by atoms with E-state index in [4.69, 9.17) is 9.47 Å². The Morgan fingerprint density at radius 3 is 2.36 bits per heavy atom. The minimum absolute atomic E-state index is 0.351. The van der Waals surface area contributed by atoms with Gasteiger partial charge in [0.05, 0.1) is 12.8 Å². The highest BCUT2D eigenvalue weighted by Gasteiger charge is 2.23. The van der Waals surface area contributed by atoms with Crippen LogP contribution in [0, 0.1) is 0 Å². The first-order valence-electron chi connectivity index (χ1n) is 6.76. The van der Waals surface area contributed by atoms with Crippen LogP contribution in [0.15, 0.2) is 24.3 Å². The zero-order valence-corrected chi connectivity index (χ0v) is 13.0. The van der Waals surface area contributed by atoms with Gasteiger partial charge in [0.1, 0.15) is 11.8 Å². The second-order valence-corrected chi connectivity index (χ2v) is 4.69. The van der Waals surface area contributed by atoms with E-state index in [2.05, 4.69) is 10.6 Å². The maximum absolute atomic E-state index is 12.0. The van der Waals surface area contributed by atoms with Crippen molar-refractivity contribution in [1.29, 1.82) is 0 Å². The number of nitrogens with one attached hydrogen (secondary N) is 2. The Bertz CT molecular complexity index is 559. The molecule has 0 spiro atoms. The lowest BCUT2D eigenvalue weighted by Crippen LogP contribution is -2.41. The number of anilines is 1. The van der Waals surface area contributed by atoms with Crippen LogP contribution in [0.2, 0.25) is 0 Å². The molecule has 0 saturated heterocycles. The SMILES string of the molecule is COc1ccccc1NC(=O)[C@H](C)OC(=O)[C@H](C)NC(C)=O. The van der Waals surface area contributed by atoms with Crippen molar-refractivity contribution in [3.8, 4) is 5.75 Å². The summed E-state index contributed by atoms with van der Waals surface area (Å²) in [7, 11) is 1.49. The molecular weight excluding hydrogens is 288 g/mol. The van der Waals surface area contributed by atoms with Crippen LogP contribution >= 0.6 is 0 Å². The van der Waals surface area contributed by atoms with E-state index in [0.717, 1.165) is 0 Å². The number of ether oxygens (including phenoxy) is 2. The van der Waals surface area contributed by atoms with E-state index in [1.807, 2.05) is 0 Å². The van der Waals surface area contributed by atoms with Gasteiger partial charge in [-0.2, -0.15) is 0 Å². The summed E-state index contributed by atoms with van der Waals surface area (Å²) in [6, 6.07) is 6.07. The zero-order valence-electron chi connectivity index (χ0n) is 13.0. The van der Waals surface area contributed by atoms with Crippen LogP contribution in [0.4, 0.5) is 5.69 Å². The van der Waals surface area contributed by atoms with E-state index >= 15 is 0 Å². The van der Waals surface area contributed by atoms with Gasteiger partial charge in [-0.05, 0) is 26.0 Å². The lowest BCUT2D eigenvalue weighted by Gasteiger charge is -2.17. The molecule has 1 aromatic rings. The molecule has 0 aliphatic rings. The Morgan fingerprint density at radius 2 is 1.77 bits per heavy atom. The number of hydrogen-bond acceptors (Lipinski definition) is 5. The van der Waals surface area contributed by atoms with Gasteiger partial charge in [0.15, 0.2) is 6.10 Å². The van der Waals surface area contributed by atoms with Crippen LogP contribution in [0.25, 0.3) is 0 Å². The second kappa shape index (κ2) is 8.02. The van der Waals surface area contributed by atoms with Crippen LogP contribution < -0.4 is 15.4 Å². The highest BCUT2D eigenvalue weighted by molar-refractivity contribution is 5.96. The molecule has 22 heavy (non-hydrogen) atoms. The van der Waals surface area contributed by atoms with E-state index in [-0.39, 0.29) is 5.91 Å². The van der Waals surface area contributed by atoms with Crippen molar-refractivity contribution < 1.29 is 23.9 Å². The summed E-state index contributed by atoms with van der Waals surface area (Å²) in [6.45, 7) is 4.22. The van der Waals surface area contributed by atoms with Crippen molar-refractivity contribution in [2.24, 2.45) is 0 Å². The fourth-order valence-electron chi connectivity index (χ4n) is 1.68. The van der Waals surface area contributed by atoms with Gasteiger partial charge in [-0.15, -0.1) is 0 Å². The van der Waals surface area contributed by atoms with Crippen LogP contribution in [-0.2, 0) is 19.1 Å². The minimum Gasteiger partial charge on any atom is -0.495 e. The van der Waals surface area contributed by atoms with Gasteiger partial charge in [0.2, 0.25) is 5.91 Å². The van der Waals surface area contributed by atoms with Gasteiger partial charge in [-0.25, -0.2) is 4.79 Å². The molecule has 0 aromatic heterocycles. The van der Waals surface area contributed by atoms with Crippen molar-refractivity contribution in [2.45, 2.75) is 32.9 Å². The van der Waals surface area contributed by atoms with Gasteiger partial charge in [0.25, 0.3) is 5.91 Å². The first kappa shape index (κ1) is 17.5. The van der Waals surface area contributed by atoms with Gasteiger partial charge >= 0.3 is 5.97 Å². The largest absolute Gasteiger partial charge is 0.495 e. The van der Waals surface area contributed by atoms with Gasteiger partial charge in [-0.1, -0.05) is 12.1 Å². The topological polar surface area (TPSA) is 93.7 Å². The number of carbonyl (C=O) groups excluding carboxylic acids is 3. The quantitative estimate of drug-likeness (QED) is 0.767. The van der Waals surface area contributed by atoms with E-state index in [1.165, 1.54) is 27.9 Å². The summed E-state index contributed by atoms with van der Waals surface area (Å²) in [5.41, 5.74) is 0.479. The molecule has 0 radical (unpaired) electrons. The van der Waals surface area contributed by atoms with Crippen molar-refractivity contribution in [1.82, 2.24) is 5.32 Å². The average molecular weight is 308 g/mol. The van der Waals surface area contributed by atoms with Crippen molar-refractivity contribution in [2.75, 3.05) is 12.4 Å². The van der Waals surface area contributed by atoms with Crippen molar-refractivity contribution in [3.05, 3.63) is 24.3 Å². The van der Waals surface area contributed by atoms with E-state index in [9.17, 15) is 14.4 Å². The van der Waals surface area contributed by atoms with Gasteiger partial charge < -0.3 is 20.1 Å². The highest BCUT2D eigenvalue weighted by Crippen LogP contribution is 2.23. The molecule has 1 rings (SSSR count). The molecule has 7 heteroatoms. The number of amides is 2. The second-order valence-electron chi connectivity index (χ2n) is 4.69. The van der Waals surface area contributed by atoms with Crippen LogP contribution in [0.1, 0.15) is 20.8 Å². The third-order valence-electron chi connectivity index (χ3n) is 2.80. The van der Waals surface area contributed by atoms with E-state index in [0.29, 0.717) is 11.4 Å². The Kier molecular flexibility index (Phi) is 6.37. The number of rotatable bonds is 6. The van der Waals surface area contributed by atoms with Crippen LogP contribution in [0.5, 0.6) is 5.75 Å². The van der Waals surface area contributed by atoms with E-state index < -0.39 is 24.0 Å². The fraction of sp³-hybridized carbons (Fsp3) is 0.400. The molecule has 2 atom stereocenters. The average Bonchev–Trinajstić information content (AvgIpc) is 2.46. The number of para-hydroxylation sites is 2. The molecule has 0 saturated carbocycles. The molecule has 0 heterocycles. The van der Waals surface area contributed by atoms with E-state index in [1.54, 1.807) is 24.3 Å². The number of methoxy groups -OCH3 is 1. The molecule has 120 valence electrons. The highest BCUT2D eigenvalue weighted by atomic mass is 16.5. The summed E-state index contributed by atoms with van der Waals surface area (Å²) in [4.78, 5) is 34.6. The number of hydrogen-bond donors (Lipinski definition) is 2. The predicted octanol–water partition coefficient (Wildman–Crippen LogP) is 1.09. The smallest absolute Gasteiger partial charge is 0.329 e. The van der Waals surface area contributed by atoms with Crippen LogP contribution in [0.3, 0.4) is 0 Å². The predicted molar refractivity (Wildman–Crippen MR) is 80.5 cm³/mol. The molecule has 0 fully saturated rings. The molecule has 0 bridgehead atoms. The Morgan fingerprint density at radius 1 is 1.14 bits per heavy atom. The Labute approximate surface area is 129 Å². The standard InChI is InChI=1S/C15H20N2O5/c1-9(16-11(3)18)15(20)22-10(2)14(19)17-12-7-5-6-8-13(12)21-4/h5-10H,1-4H3,(H,16,18)(H,17,19)/t9-,10-/m0/s1.